The van der Waals surface area contributed by atoms with E-state index < -0.39 is 11.7 Å². The van der Waals surface area contributed by atoms with Gasteiger partial charge in [-0.05, 0) is 11.6 Å². The number of rotatable bonds is 2. The van der Waals surface area contributed by atoms with Crippen molar-refractivity contribution in [3.8, 4) is 0 Å². The Kier molecular flexibility index (Phi) is 4.90. The van der Waals surface area contributed by atoms with Gasteiger partial charge in [0.05, 0.1) is 5.56 Å². The number of hydrogen-bond acceptors (Lipinski definition) is 1. The molecule has 0 atom stereocenters. The van der Waals surface area contributed by atoms with Crippen molar-refractivity contribution in [3.05, 3.63) is 35.4 Å². The zero-order valence-corrected chi connectivity index (χ0v) is 7.90. The Morgan fingerprint density at radius 2 is 1.79 bits per heavy atom. The van der Waals surface area contributed by atoms with Gasteiger partial charge in [0, 0.05) is 0 Å². The van der Waals surface area contributed by atoms with Gasteiger partial charge < -0.3 is 12.4 Å². The maximum Gasteiger partial charge on any atom is 0.416 e. The summed E-state index contributed by atoms with van der Waals surface area (Å²) in [6.45, 7) is -0.129. The third kappa shape index (κ3) is 3.17. The summed E-state index contributed by atoms with van der Waals surface area (Å²) < 4.78 is 36.9. The molecule has 0 bridgehead atoms. The second-order valence-electron chi connectivity index (χ2n) is 2.50. The average molecular weight is 228 g/mol. The molecule has 0 radical (unpaired) electrons. The molecular weight excluding hydrogens is 219 g/mol. The molecule has 0 aliphatic carbocycles. The Morgan fingerprint density at radius 3 is 2.29 bits per heavy atom. The fraction of sp³-hybridized carbons (Fsp3) is 0.250. The van der Waals surface area contributed by atoms with Crippen LogP contribution >= 0.6 is 0 Å². The second kappa shape index (κ2) is 5.19. The normalized spacial score (nSPS) is 10.9. The highest BCUT2D eigenvalue weighted by Gasteiger charge is 2.32. The molecule has 0 aromatic heterocycles. The van der Waals surface area contributed by atoms with Crippen LogP contribution in [0.15, 0.2) is 24.3 Å². The Hall–Kier alpha value is -0.780. The maximum atomic E-state index is 12.3. The van der Waals surface area contributed by atoms with Gasteiger partial charge >= 0.3 is 6.18 Å². The van der Waals surface area contributed by atoms with E-state index in [2.05, 4.69) is 10.7 Å². The zero-order chi connectivity index (χ0) is 9.90. The molecule has 0 saturated carbocycles. The molecule has 0 heterocycles. The predicted octanol–water partition coefficient (Wildman–Crippen LogP) is -1.62. The van der Waals surface area contributed by atoms with Crippen LogP contribution in [0.1, 0.15) is 11.1 Å². The van der Waals surface area contributed by atoms with Gasteiger partial charge in [-0.2, -0.15) is 13.2 Å². The molecule has 0 unspecified atom stereocenters. The van der Waals surface area contributed by atoms with Crippen LogP contribution in [0.4, 0.5) is 13.2 Å². The zero-order valence-electron chi connectivity index (χ0n) is 7.14. The van der Waals surface area contributed by atoms with Crippen LogP contribution in [0, 0.1) is 0 Å². The molecule has 0 amide bonds. The Morgan fingerprint density at radius 1 is 1.21 bits per heavy atom. The van der Waals surface area contributed by atoms with Crippen molar-refractivity contribution in [1.29, 1.82) is 0 Å². The quantitative estimate of drug-likeness (QED) is 0.606. The largest absolute Gasteiger partial charge is 1.00 e. The van der Waals surface area contributed by atoms with Crippen LogP contribution in [-0.2, 0) is 17.6 Å². The molecule has 1 rings (SSSR count). The van der Waals surface area contributed by atoms with Gasteiger partial charge in [0.2, 0.25) is 0 Å². The molecule has 3 N–H and O–H groups in total. The summed E-state index contributed by atoms with van der Waals surface area (Å²) in [5.41, 5.74) is -0.566. The number of hydrogen-bond donors (Lipinski definition) is 1. The molecule has 14 heavy (non-hydrogen) atoms. The molecule has 0 spiro atoms. The van der Waals surface area contributed by atoms with Crippen molar-refractivity contribution in [3.63, 3.8) is 0 Å². The van der Waals surface area contributed by atoms with Crippen molar-refractivity contribution >= 4 is 0 Å². The van der Waals surface area contributed by atoms with Gasteiger partial charge in [0.25, 0.3) is 0 Å². The molecular formula is C8H9ClF3NO. The second-order valence-corrected chi connectivity index (χ2v) is 2.50. The third-order valence-electron chi connectivity index (χ3n) is 1.58. The minimum Gasteiger partial charge on any atom is -1.00 e. The first-order valence-electron chi connectivity index (χ1n) is 3.58. The van der Waals surface area contributed by atoms with Crippen molar-refractivity contribution in [1.82, 2.24) is 0 Å². The van der Waals surface area contributed by atoms with Crippen molar-refractivity contribution < 1.29 is 36.3 Å². The number of halogens is 4. The molecule has 80 valence electrons. The summed E-state index contributed by atoms with van der Waals surface area (Å²) in [6.07, 6.45) is -4.32. The maximum absolute atomic E-state index is 12.3. The molecule has 2 nitrogen and oxygen atoms in total. The van der Waals surface area contributed by atoms with Crippen LogP contribution in [0.25, 0.3) is 0 Å². The van der Waals surface area contributed by atoms with E-state index in [-0.39, 0.29) is 24.6 Å². The smallest absolute Gasteiger partial charge is 0.416 e. The van der Waals surface area contributed by atoms with Crippen molar-refractivity contribution in [2.24, 2.45) is 0 Å². The minimum absolute atomic E-state index is 0. The fourth-order valence-corrected chi connectivity index (χ4v) is 1.03. The minimum atomic E-state index is -4.32. The number of quaternary nitrogens is 1. The van der Waals surface area contributed by atoms with E-state index in [0.717, 1.165) is 6.07 Å². The van der Waals surface area contributed by atoms with Crippen LogP contribution in [-0.4, -0.2) is 0 Å². The average Bonchev–Trinajstić information content (AvgIpc) is 2.04. The van der Waals surface area contributed by atoms with E-state index in [9.17, 15) is 13.2 Å². The van der Waals surface area contributed by atoms with E-state index in [4.69, 9.17) is 0 Å². The summed E-state index contributed by atoms with van der Waals surface area (Å²) >= 11 is 0. The third-order valence-corrected chi connectivity index (χ3v) is 1.58. The highest BCUT2D eigenvalue weighted by Crippen LogP contribution is 2.31. The summed E-state index contributed by atoms with van der Waals surface area (Å²) in [6, 6.07) is 5.27. The number of alkyl halides is 3. The molecule has 1 aromatic rings. The lowest BCUT2D eigenvalue weighted by Gasteiger charge is -2.10. The molecule has 0 aliphatic heterocycles. The summed E-state index contributed by atoms with van der Waals surface area (Å²) in [4.78, 5) is 4.41. The van der Waals surface area contributed by atoms with Gasteiger partial charge in [-0.3, -0.25) is 0 Å². The van der Waals surface area contributed by atoms with Crippen LogP contribution in [0.2, 0.25) is 0 Å². The van der Waals surface area contributed by atoms with E-state index in [1.165, 1.54) is 18.2 Å². The van der Waals surface area contributed by atoms with Crippen molar-refractivity contribution in [2.75, 3.05) is 0 Å². The van der Waals surface area contributed by atoms with Crippen molar-refractivity contribution in [2.45, 2.75) is 12.8 Å². The molecule has 0 saturated heterocycles. The first kappa shape index (κ1) is 13.2. The van der Waals surface area contributed by atoms with Gasteiger partial charge in [-0.1, -0.05) is 18.2 Å². The monoisotopic (exact) mass is 227 g/mol. The first-order valence-corrected chi connectivity index (χ1v) is 3.58. The highest BCUT2D eigenvalue weighted by molar-refractivity contribution is 5.28. The predicted molar refractivity (Wildman–Crippen MR) is 39.1 cm³/mol. The topological polar surface area (TPSA) is 36.9 Å². The summed E-state index contributed by atoms with van der Waals surface area (Å²) in [7, 11) is 0. The molecule has 6 heteroatoms. The highest BCUT2D eigenvalue weighted by atomic mass is 35.5. The summed E-state index contributed by atoms with van der Waals surface area (Å²) in [5.74, 6) is 3.04. The lowest BCUT2D eigenvalue weighted by atomic mass is 10.1. The Labute approximate surface area is 85.2 Å². The van der Waals surface area contributed by atoms with Crippen LogP contribution in [0.3, 0.4) is 0 Å². The summed E-state index contributed by atoms with van der Waals surface area (Å²) in [5, 5.41) is 0. The van der Waals surface area contributed by atoms with Gasteiger partial charge in [-0.15, -0.1) is 0 Å². The SMILES string of the molecule is [Cl-].[NH3+]OCc1ccccc1C(F)(F)F. The Bertz CT molecular complexity index is 290. The van der Waals surface area contributed by atoms with E-state index >= 15 is 0 Å². The Balaban J connectivity index is 0.00000169. The van der Waals surface area contributed by atoms with Gasteiger partial charge in [0.1, 0.15) is 6.61 Å². The standard InChI is InChI=1S/C8H9F3NO.ClH/c9-8(10,11)7-4-2-1-3-6(7)5-13-12;/h1-4H,5H2,12H3;1H/q+1;/p-1. The van der Waals surface area contributed by atoms with E-state index in [1.807, 2.05) is 0 Å². The van der Waals surface area contributed by atoms with Gasteiger partial charge in [-0.25, -0.2) is 10.7 Å². The van der Waals surface area contributed by atoms with Gasteiger partial charge in [0.15, 0.2) is 0 Å². The van der Waals surface area contributed by atoms with E-state index in [1.54, 1.807) is 0 Å². The first-order chi connectivity index (χ1) is 6.05. The molecule has 0 aliphatic rings. The molecule has 1 aromatic carbocycles. The fourth-order valence-electron chi connectivity index (χ4n) is 1.03. The lowest BCUT2D eigenvalue weighted by molar-refractivity contribution is -0.695. The van der Waals surface area contributed by atoms with Crippen LogP contribution < -0.4 is 18.3 Å². The molecule has 0 fully saturated rings. The number of benzene rings is 1. The lowest BCUT2D eigenvalue weighted by Crippen LogP contribution is -3.00. The van der Waals surface area contributed by atoms with Crippen LogP contribution in [0.5, 0.6) is 0 Å². The van der Waals surface area contributed by atoms with E-state index in [0.29, 0.717) is 0 Å².